The molecule has 6 N–H and O–H groups in total. The van der Waals surface area contributed by atoms with Crippen LogP contribution in [0.4, 0.5) is 5.82 Å². The Hall–Kier alpha value is -3.28. The summed E-state index contributed by atoms with van der Waals surface area (Å²) in [6, 6.07) is 0. The maximum Gasteiger partial charge on any atom is 0.472 e. The van der Waals surface area contributed by atoms with Gasteiger partial charge < -0.3 is 40.0 Å². The molecular formula is C25H32N10O13P2. The quantitative estimate of drug-likeness (QED) is 0.153. The van der Waals surface area contributed by atoms with Crippen molar-refractivity contribution in [3.63, 3.8) is 0 Å². The SMILES string of the molecule is Cc1nc2c(ncn2[C@@H]2O[C@@H]3COP(=O)(O)OC4[C@@H](COP(=O)(N5CCOCC5)O[C@H]2C3O)O[C@@H](n2cnc3c(N)ncnc32)[C@H]4O)c(=O)[nH]1. The number of nitrogens with two attached hydrogens (primary N) is 1. The smallest absolute Gasteiger partial charge is 0.387 e. The van der Waals surface area contributed by atoms with Gasteiger partial charge in [-0.1, -0.05) is 0 Å². The number of aryl methyl sites for hydroxylation is 1. The second-order valence-electron chi connectivity index (χ2n) is 11.9. The predicted molar refractivity (Wildman–Crippen MR) is 164 cm³/mol. The van der Waals surface area contributed by atoms with E-state index >= 15 is 0 Å². The van der Waals surface area contributed by atoms with E-state index in [9.17, 15) is 29.0 Å². The topological polar surface area (TPSA) is 296 Å². The average molecular weight is 743 g/mol. The Bertz CT molecular complexity index is 2070. The summed E-state index contributed by atoms with van der Waals surface area (Å²) in [5.74, 6) is 0.327. The summed E-state index contributed by atoms with van der Waals surface area (Å²) < 4.78 is 72.9. The zero-order chi connectivity index (χ0) is 34.9. The fourth-order valence-corrected chi connectivity index (χ4v) is 9.18. The number of imidazole rings is 2. The van der Waals surface area contributed by atoms with Crippen molar-refractivity contribution in [3.8, 4) is 0 Å². The van der Waals surface area contributed by atoms with Gasteiger partial charge in [0.2, 0.25) is 0 Å². The zero-order valence-corrected chi connectivity index (χ0v) is 27.9. The van der Waals surface area contributed by atoms with Crippen LogP contribution in [0.5, 0.6) is 0 Å². The molecule has 0 aromatic carbocycles. The van der Waals surface area contributed by atoms with Crippen molar-refractivity contribution in [1.29, 1.82) is 0 Å². The third kappa shape index (κ3) is 5.87. The van der Waals surface area contributed by atoms with Gasteiger partial charge in [0.15, 0.2) is 35.1 Å². The monoisotopic (exact) mass is 742 g/mol. The zero-order valence-electron chi connectivity index (χ0n) is 26.1. The molecule has 0 saturated carbocycles. The number of phosphoric acid groups is 1. The number of hydrogen-bond acceptors (Lipinski definition) is 18. The van der Waals surface area contributed by atoms with Gasteiger partial charge in [-0.05, 0) is 6.92 Å². The van der Waals surface area contributed by atoms with Gasteiger partial charge >= 0.3 is 15.6 Å². The molecule has 4 fully saturated rings. The van der Waals surface area contributed by atoms with Crippen LogP contribution in [0.3, 0.4) is 0 Å². The van der Waals surface area contributed by atoms with Gasteiger partial charge in [0.1, 0.15) is 54.3 Å². The molecule has 4 aliphatic heterocycles. The number of anilines is 1. The lowest BCUT2D eigenvalue weighted by molar-refractivity contribution is -0.0676. The van der Waals surface area contributed by atoms with Gasteiger partial charge in [-0.15, -0.1) is 0 Å². The standard InChI is InChI=1S/C25H32N10O13P2/c1-11-31-22-15(23(38)32-11)30-10-35(22)25-19-16(36)12(45-25)6-44-50(40,41)48-18-13(7-43-49(39,47-19)33-2-4-42-5-3-33)46-24(17(18)37)34-9-29-14-20(26)27-8-28-21(14)34/h8-10,12-13,16-19,24-25,36-37H,2-7H2,1H3,(H,40,41)(H2,26,27,28)(H,31,32,38)/t12-,13-,16?,17+,18?,19+,24-,25-,49?/m1/s1. The molecule has 0 amide bonds. The minimum absolute atomic E-state index is 0.0419. The number of nitrogens with zero attached hydrogens (tertiary/aromatic N) is 8. The van der Waals surface area contributed by atoms with Crippen molar-refractivity contribution in [2.45, 2.75) is 56.0 Å². The lowest BCUT2D eigenvalue weighted by atomic mass is 10.1. The molecule has 4 aromatic rings. The highest BCUT2D eigenvalue weighted by Crippen LogP contribution is 2.58. The third-order valence-corrected chi connectivity index (χ3v) is 11.8. The second-order valence-corrected chi connectivity index (χ2v) is 15.3. The molecule has 0 spiro atoms. The van der Waals surface area contributed by atoms with Crippen molar-refractivity contribution in [1.82, 2.24) is 43.7 Å². The normalized spacial score (nSPS) is 37.4. The number of phosphoric ester groups is 1. The van der Waals surface area contributed by atoms with Crippen LogP contribution in [0.2, 0.25) is 0 Å². The van der Waals surface area contributed by atoms with E-state index in [-0.39, 0.29) is 60.3 Å². The second kappa shape index (κ2) is 12.7. The third-order valence-electron chi connectivity index (χ3n) is 8.76. The van der Waals surface area contributed by atoms with Crippen molar-refractivity contribution in [2.24, 2.45) is 0 Å². The summed E-state index contributed by atoms with van der Waals surface area (Å²) in [5, 5.41) is 22.9. The number of aliphatic hydroxyl groups is 2. The van der Waals surface area contributed by atoms with Crippen molar-refractivity contribution < 1.29 is 56.5 Å². The molecule has 50 heavy (non-hydrogen) atoms. The number of hydrogen-bond donors (Lipinski definition) is 5. The Morgan fingerprint density at radius 1 is 0.880 bits per heavy atom. The van der Waals surface area contributed by atoms with E-state index in [1.165, 1.54) is 32.8 Å². The van der Waals surface area contributed by atoms with Gasteiger partial charge in [0.25, 0.3) is 5.56 Å². The van der Waals surface area contributed by atoms with Crippen molar-refractivity contribution >= 4 is 43.7 Å². The number of ether oxygens (including phenoxy) is 3. The van der Waals surface area contributed by atoms with Gasteiger partial charge in [-0.3, -0.25) is 32.0 Å². The highest BCUT2D eigenvalue weighted by atomic mass is 31.2. The highest BCUT2D eigenvalue weighted by molar-refractivity contribution is 7.51. The van der Waals surface area contributed by atoms with Crippen LogP contribution in [-0.2, 0) is 41.4 Å². The van der Waals surface area contributed by atoms with Crippen molar-refractivity contribution in [3.05, 3.63) is 35.2 Å². The van der Waals surface area contributed by atoms with Crippen LogP contribution in [0.15, 0.2) is 23.8 Å². The number of nitrogen functional groups attached to an aromatic ring is 1. The van der Waals surface area contributed by atoms with Gasteiger partial charge in [-0.25, -0.2) is 38.7 Å². The summed E-state index contributed by atoms with van der Waals surface area (Å²) >= 11 is 0. The lowest BCUT2D eigenvalue weighted by Gasteiger charge is -2.36. The van der Waals surface area contributed by atoms with E-state index in [0.717, 1.165) is 0 Å². The largest absolute Gasteiger partial charge is 0.472 e. The first-order chi connectivity index (χ1) is 23.9. The molecule has 23 nitrogen and oxygen atoms in total. The lowest BCUT2D eigenvalue weighted by Crippen LogP contribution is -2.41. The van der Waals surface area contributed by atoms with E-state index in [4.69, 9.17) is 38.0 Å². The Labute approximate surface area is 280 Å². The molecule has 2 bridgehead atoms. The minimum Gasteiger partial charge on any atom is -0.387 e. The summed E-state index contributed by atoms with van der Waals surface area (Å²) in [7, 11) is -9.48. The number of fused-ring (bicyclic) bond motifs is 5. The van der Waals surface area contributed by atoms with Gasteiger partial charge in [-0.2, -0.15) is 0 Å². The fraction of sp³-hybridized carbons (Fsp3) is 0.600. The molecule has 4 unspecified atom stereocenters. The van der Waals surface area contributed by atoms with Gasteiger partial charge in [0, 0.05) is 13.1 Å². The molecule has 10 atom stereocenters. The molecule has 0 radical (unpaired) electrons. The first-order valence-electron chi connectivity index (χ1n) is 15.4. The van der Waals surface area contributed by atoms with Crippen LogP contribution in [0.1, 0.15) is 18.3 Å². The summed E-state index contributed by atoms with van der Waals surface area (Å²) in [5.41, 5.74) is 5.82. The molecule has 4 aromatic heterocycles. The predicted octanol–water partition coefficient (Wildman–Crippen LogP) is -1.28. The molecule has 4 aliphatic rings. The number of H-pyrrole nitrogens is 1. The number of aromatic nitrogens is 8. The number of aromatic amines is 1. The maximum absolute atomic E-state index is 14.9. The summed E-state index contributed by atoms with van der Waals surface area (Å²) in [6.45, 7) is 0.782. The summed E-state index contributed by atoms with van der Waals surface area (Å²) in [4.78, 5) is 46.7. The van der Waals surface area contributed by atoms with Crippen molar-refractivity contribution in [2.75, 3.05) is 45.3 Å². The van der Waals surface area contributed by atoms with E-state index < -0.39 is 83.4 Å². The highest BCUT2D eigenvalue weighted by Gasteiger charge is 2.55. The van der Waals surface area contributed by atoms with Gasteiger partial charge in [0.05, 0.1) is 39.1 Å². The molecule has 8 rings (SSSR count). The Morgan fingerprint density at radius 2 is 1.58 bits per heavy atom. The molecule has 0 aliphatic carbocycles. The number of aliphatic hydroxyl groups excluding tert-OH is 2. The summed E-state index contributed by atoms with van der Waals surface area (Å²) in [6.07, 6.45) is -7.99. The number of nitrogens with one attached hydrogen (secondary N) is 1. The number of morpholine rings is 1. The van der Waals surface area contributed by atoms with E-state index in [1.807, 2.05) is 0 Å². The first kappa shape index (κ1) is 33.8. The molecule has 270 valence electrons. The molecule has 8 heterocycles. The maximum atomic E-state index is 14.9. The van der Waals surface area contributed by atoms with E-state index in [2.05, 4.69) is 29.9 Å². The fourth-order valence-electron chi connectivity index (χ4n) is 6.34. The van der Waals surface area contributed by atoms with E-state index in [1.54, 1.807) is 6.92 Å². The number of rotatable bonds is 3. The van der Waals surface area contributed by atoms with Crippen LogP contribution in [0.25, 0.3) is 22.3 Å². The Balaban J connectivity index is 1.17. The first-order valence-corrected chi connectivity index (χ1v) is 18.4. The minimum atomic E-state index is -5.04. The molecule has 25 heteroatoms. The van der Waals surface area contributed by atoms with E-state index in [0.29, 0.717) is 0 Å². The Morgan fingerprint density at radius 3 is 2.36 bits per heavy atom. The molecule has 4 saturated heterocycles. The Kier molecular flexibility index (Phi) is 8.62. The molecular weight excluding hydrogens is 710 g/mol. The van der Waals surface area contributed by atoms with Crippen LogP contribution < -0.4 is 11.3 Å². The van der Waals surface area contributed by atoms with Crippen LogP contribution >= 0.6 is 15.6 Å². The van der Waals surface area contributed by atoms with Crippen LogP contribution in [0, 0.1) is 6.92 Å². The van der Waals surface area contributed by atoms with Crippen LogP contribution in [-0.4, -0.2) is 135 Å². The average Bonchev–Trinajstić information content (AvgIpc) is 3.85.